The molecule has 0 radical (unpaired) electrons. The van der Waals surface area contributed by atoms with Crippen molar-refractivity contribution in [3.8, 4) is 0 Å². The van der Waals surface area contributed by atoms with E-state index in [2.05, 4.69) is 62.5 Å². The van der Waals surface area contributed by atoms with Gasteiger partial charge in [-0.3, -0.25) is 48.1 Å². The third-order valence-electron chi connectivity index (χ3n) is 12.3. The molecule has 1 aliphatic heterocycles. The third kappa shape index (κ3) is 18.1. The van der Waals surface area contributed by atoms with Crippen LogP contribution in [0.15, 0.2) is 78.3 Å². The van der Waals surface area contributed by atoms with Crippen LogP contribution < -0.4 is 59.7 Å². The molecule has 7 atom stereocenters. The highest BCUT2D eigenvalue weighted by molar-refractivity contribution is 5.99. The normalized spacial score (nSPS) is 21.3. The van der Waals surface area contributed by atoms with Gasteiger partial charge >= 0.3 is 0 Å². The van der Waals surface area contributed by atoms with Crippen LogP contribution in [-0.4, -0.2) is 129 Å². The van der Waals surface area contributed by atoms with Crippen molar-refractivity contribution in [2.75, 3.05) is 13.1 Å². The zero-order valence-electron chi connectivity index (χ0n) is 41.7. The van der Waals surface area contributed by atoms with E-state index in [-0.39, 0.29) is 76.8 Å². The molecule has 24 heteroatoms. The number of unbranched alkanes of at least 4 members (excludes halogenated alkanes) is 1. The number of hydrogen-bond acceptors (Lipinski definition) is 11. The highest BCUT2D eigenvalue weighted by atomic mass is 16.2. The van der Waals surface area contributed by atoms with Gasteiger partial charge in [0.1, 0.15) is 42.3 Å². The molecule has 4 aromatic rings. The monoisotopic (exact) mass is 1020 g/mol. The van der Waals surface area contributed by atoms with E-state index >= 15 is 0 Å². The topological polar surface area (TPSA) is 385 Å². The van der Waals surface area contributed by atoms with Gasteiger partial charge in [0.25, 0.3) is 0 Å². The molecule has 3 heterocycles. The van der Waals surface area contributed by atoms with E-state index in [1.165, 1.54) is 19.4 Å². The van der Waals surface area contributed by atoms with Crippen molar-refractivity contribution in [1.82, 2.24) is 57.5 Å². The van der Waals surface area contributed by atoms with E-state index < -0.39 is 102 Å². The lowest BCUT2D eigenvalue weighted by Gasteiger charge is -2.28. The third-order valence-corrected chi connectivity index (χ3v) is 12.3. The minimum Gasteiger partial charge on any atom is -0.370 e. The first-order chi connectivity index (χ1) is 35.5. The first-order valence-corrected chi connectivity index (χ1v) is 24.8. The Morgan fingerprint density at radius 3 is 2.08 bits per heavy atom. The van der Waals surface area contributed by atoms with Crippen LogP contribution in [-0.2, 0) is 62.4 Å². The molecule has 74 heavy (non-hydrogen) atoms. The van der Waals surface area contributed by atoms with Crippen molar-refractivity contribution in [1.29, 1.82) is 0 Å². The van der Waals surface area contributed by atoms with Crippen molar-refractivity contribution < 1.29 is 43.2 Å². The Bertz CT molecular complexity index is 2580. The second kappa shape index (κ2) is 28.7. The summed E-state index contributed by atoms with van der Waals surface area (Å²) in [6.45, 7) is 3.26. The molecule has 2 aromatic carbocycles. The van der Waals surface area contributed by atoms with Gasteiger partial charge in [0.05, 0.1) is 12.7 Å². The summed E-state index contributed by atoms with van der Waals surface area (Å²) in [6, 6.07) is 6.88. The van der Waals surface area contributed by atoms with E-state index in [1.54, 1.807) is 36.5 Å². The maximum absolute atomic E-state index is 14.6. The number of fused-ring (bicyclic) bond motifs is 1. The summed E-state index contributed by atoms with van der Waals surface area (Å²) in [6.07, 6.45) is 5.74. The van der Waals surface area contributed by atoms with Gasteiger partial charge in [-0.2, -0.15) is 0 Å². The van der Waals surface area contributed by atoms with Gasteiger partial charge in [0, 0.05) is 68.3 Å². The summed E-state index contributed by atoms with van der Waals surface area (Å²) < 4.78 is 0. The Morgan fingerprint density at radius 1 is 0.757 bits per heavy atom. The van der Waals surface area contributed by atoms with Crippen molar-refractivity contribution in [2.45, 2.75) is 133 Å². The molecular weight excluding hydrogens is 955 g/mol. The largest absolute Gasteiger partial charge is 0.370 e. The lowest BCUT2D eigenvalue weighted by molar-refractivity contribution is -0.136. The highest BCUT2D eigenvalue weighted by Gasteiger charge is 2.35. The van der Waals surface area contributed by atoms with Crippen LogP contribution in [0, 0.1) is 0 Å². The molecule has 9 amide bonds. The SMILES string of the molecule is CCCCC1NC(=O)C(Cc2ccccc2)NC(=O)C(Cc2cnc[nH]2)NC(=O)C(NC(=O)C(CCCN=C(N)N)NC(C)=O)CC(=O)NCCCCC(C(N)=O)NC(=O)C(Cc2c[nH]c3ccccc23)NC1=O. The summed E-state index contributed by atoms with van der Waals surface area (Å²) in [7, 11) is 0. The average molecular weight is 1020 g/mol. The van der Waals surface area contributed by atoms with E-state index in [0.29, 0.717) is 29.7 Å². The number of primary amides is 1. The predicted molar refractivity (Wildman–Crippen MR) is 274 cm³/mol. The Morgan fingerprint density at radius 2 is 1.41 bits per heavy atom. The Hall–Kier alpha value is -8.31. The number of benzene rings is 2. The molecule has 5 rings (SSSR count). The number of para-hydroxylation sites is 1. The van der Waals surface area contributed by atoms with Crippen LogP contribution in [0.4, 0.5) is 0 Å². The average Bonchev–Trinajstić information content (AvgIpc) is 4.04. The number of aliphatic imine (C=N–C) groups is 1. The minimum atomic E-state index is -1.62. The predicted octanol–water partition coefficient (Wildman–Crippen LogP) is -1.25. The summed E-state index contributed by atoms with van der Waals surface area (Å²) in [5.74, 6) is -7.06. The molecule has 398 valence electrons. The summed E-state index contributed by atoms with van der Waals surface area (Å²) >= 11 is 0. The Labute approximate surface area is 428 Å². The van der Waals surface area contributed by atoms with Gasteiger partial charge in [0.15, 0.2) is 5.96 Å². The van der Waals surface area contributed by atoms with Gasteiger partial charge in [-0.1, -0.05) is 68.3 Å². The van der Waals surface area contributed by atoms with Crippen LogP contribution in [0.2, 0.25) is 0 Å². The number of hydrogen-bond donors (Lipinski definition) is 13. The fourth-order valence-electron chi connectivity index (χ4n) is 8.40. The van der Waals surface area contributed by atoms with Gasteiger partial charge < -0.3 is 69.7 Å². The Kier molecular flexibility index (Phi) is 21.9. The molecule has 0 spiro atoms. The van der Waals surface area contributed by atoms with Crippen molar-refractivity contribution in [3.63, 3.8) is 0 Å². The number of rotatable bonds is 17. The number of amides is 9. The number of imidazole rings is 1. The molecule has 24 nitrogen and oxygen atoms in total. The zero-order chi connectivity index (χ0) is 53.6. The van der Waals surface area contributed by atoms with Crippen LogP contribution in [0.3, 0.4) is 0 Å². The van der Waals surface area contributed by atoms with E-state index in [1.807, 2.05) is 31.2 Å². The van der Waals surface area contributed by atoms with Gasteiger partial charge in [-0.25, -0.2) is 4.98 Å². The lowest BCUT2D eigenvalue weighted by Crippen LogP contribution is -2.61. The lowest BCUT2D eigenvalue weighted by atomic mass is 10.0. The number of aromatic amines is 2. The summed E-state index contributed by atoms with van der Waals surface area (Å²) in [5, 5.41) is 22.4. The summed E-state index contributed by atoms with van der Waals surface area (Å²) in [4.78, 5) is 139. The van der Waals surface area contributed by atoms with Crippen molar-refractivity contribution in [3.05, 3.63) is 90.1 Å². The second-order valence-electron chi connectivity index (χ2n) is 18.2. The number of nitrogens with one attached hydrogen (secondary N) is 10. The van der Waals surface area contributed by atoms with Gasteiger partial charge in [-0.15, -0.1) is 0 Å². The second-order valence-corrected chi connectivity index (χ2v) is 18.2. The van der Waals surface area contributed by atoms with Crippen LogP contribution in [0.5, 0.6) is 0 Å². The van der Waals surface area contributed by atoms with Crippen molar-refractivity contribution in [2.24, 2.45) is 22.2 Å². The fraction of sp³-hybridized carbons (Fsp3) is 0.460. The van der Waals surface area contributed by atoms with Crippen molar-refractivity contribution >= 4 is 70.0 Å². The molecule has 1 aliphatic rings. The first kappa shape index (κ1) is 56.6. The molecule has 2 aromatic heterocycles. The number of carbonyl (C=O) groups excluding carboxylic acids is 9. The van der Waals surface area contributed by atoms with E-state index in [0.717, 1.165) is 10.9 Å². The number of H-pyrrole nitrogens is 2. The standard InChI is InChI=1S/C50H69N15O9/c1-3-4-16-37-45(70)63-39(23-31-26-57-34-17-9-8-15-33(31)34)47(72)60-35(43(51)68)18-10-11-20-55-42(67)25-41(65-44(69)36(59-29(2)66)19-12-21-56-50(52)53)49(74)64-40(24-32-27-54-28-58-32)48(73)62-38(46(71)61-37)22-30-13-6-5-7-14-30/h5-9,13-15,17,26-28,35-41,57H,3-4,10-12,16,18-25H2,1-2H3,(H2,51,68)(H,54,58)(H,55,67)(H,59,66)(H,60,72)(H,61,71)(H,62,73)(H,63,70)(H,64,74)(H,65,69)(H4,52,53,56). The Balaban J connectivity index is 1.52. The molecule has 1 fully saturated rings. The molecular formula is C50H69N15O9. The summed E-state index contributed by atoms with van der Waals surface area (Å²) in [5.41, 5.74) is 19.2. The number of nitrogens with zero attached hydrogens (tertiary/aromatic N) is 2. The zero-order valence-corrected chi connectivity index (χ0v) is 41.7. The number of guanidine groups is 1. The molecule has 7 unspecified atom stereocenters. The molecule has 1 saturated heterocycles. The fourth-order valence-corrected chi connectivity index (χ4v) is 8.40. The quantitative estimate of drug-likeness (QED) is 0.0335. The van der Waals surface area contributed by atoms with Gasteiger partial charge in [-0.05, 0) is 55.7 Å². The molecule has 0 saturated carbocycles. The minimum absolute atomic E-state index is 0.0154. The van der Waals surface area contributed by atoms with E-state index in [4.69, 9.17) is 17.2 Å². The molecule has 0 aliphatic carbocycles. The van der Waals surface area contributed by atoms with Crippen LogP contribution in [0.25, 0.3) is 10.9 Å². The first-order valence-electron chi connectivity index (χ1n) is 24.8. The maximum atomic E-state index is 14.6. The molecule has 16 N–H and O–H groups in total. The van der Waals surface area contributed by atoms with Crippen LogP contribution in [0.1, 0.15) is 88.5 Å². The highest BCUT2D eigenvalue weighted by Crippen LogP contribution is 2.20. The maximum Gasteiger partial charge on any atom is 0.243 e. The number of aromatic nitrogens is 3. The molecule has 0 bridgehead atoms. The number of carbonyl (C=O) groups is 9. The number of nitrogens with two attached hydrogens (primary N) is 3. The van der Waals surface area contributed by atoms with E-state index in [9.17, 15) is 43.2 Å². The van der Waals surface area contributed by atoms with Gasteiger partial charge in [0.2, 0.25) is 53.2 Å². The smallest absolute Gasteiger partial charge is 0.243 e. The van der Waals surface area contributed by atoms with Crippen LogP contribution >= 0.6 is 0 Å².